The fourth-order valence-electron chi connectivity index (χ4n) is 3.66. The molecule has 4 rings (SSSR count). The van der Waals surface area contributed by atoms with Gasteiger partial charge in [0.05, 0.1) is 12.5 Å². The number of benzene rings is 1. The molecule has 1 aromatic carbocycles. The van der Waals surface area contributed by atoms with Crippen molar-refractivity contribution in [1.29, 1.82) is 0 Å². The number of nitrogens with one attached hydrogen (secondary N) is 2. The molecule has 0 spiro atoms. The van der Waals surface area contributed by atoms with Crippen LogP contribution in [0.4, 0.5) is 10.6 Å². The minimum absolute atomic E-state index is 0.268. The second-order valence-corrected chi connectivity index (χ2v) is 7.13. The summed E-state index contributed by atoms with van der Waals surface area (Å²) in [6.07, 6.45) is 3.76. The topological polar surface area (TPSA) is 103 Å². The Balaban J connectivity index is 1.38. The fraction of sp³-hybridized carbons (Fsp3) is 0.333. The lowest BCUT2D eigenvalue weighted by molar-refractivity contribution is -0.142. The number of ether oxygens (including phenoxy) is 1. The van der Waals surface area contributed by atoms with Crippen LogP contribution in [-0.4, -0.2) is 71.2 Å². The van der Waals surface area contributed by atoms with Crippen molar-refractivity contribution in [2.75, 3.05) is 38.2 Å². The molecule has 3 aromatic rings. The van der Waals surface area contributed by atoms with E-state index < -0.39 is 12.0 Å². The minimum atomic E-state index is -0.732. The number of anilines is 1. The van der Waals surface area contributed by atoms with E-state index in [4.69, 9.17) is 4.74 Å². The third-order valence-corrected chi connectivity index (χ3v) is 5.27. The number of hydrogen-bond donors (Lipinski definition) is 2. The van der Waals surface area contributed by atoms with Crippen molar-refractivity contribution in [3.05, 3.63) is 54.5 Å². The van der Waals surface area contributed by atoms with Gasteiger partial charge in [-0.15, -0.1) is 0 Å². The van der Waals surface area contributed by atoms with Gasteiger partial charge in [-0.2, -0.15) is 0 Å². The summed E-state index contributed by atoms with van der Waals surface area (Å²) >= 11 is 0. The maximum Gasteiger partial charge on any atom is 0.328 e. The number of nitrogens with zero attached hydrogens (tertiary/aromatic N) is 4. The van der Waals surface area contributed by atoms with Gasteiger partial charge < -0.3 is 24.8 Å². The van der Waals surface area contributed by atoms with E-state index in [-0.39, 0.29) is 6.03 Å². The first kappa shape index (κ1) is 19.7. The minimum Gasteiger partial charge on any atom is -0.467 e. The van der Waals surface area contributed by atoms with E-state index in [1.165, 1.54) is 13.4 Å². The van der Waals surface area contributed by atoms with E-state index in [0.29, 0.717) is 32.6 Å². The molecule has 1 aliphatic heterocycles. The number of urea groups is 1. The molecule has 1 aliphatic rings. The Labute approximate surface area is 174 Å². The van der Waals surface area contributed by atoms with Gasteiger partial charge in [0, 0.05) is 38.8 Å². The van der Waals surface area contributed by atoms with Crippen LogP contribution in [0, 0.1) is 0 Å². The Morgan fingerprint density at radius 1 is 1.13 bits per heavy atom. The van der Waals surface area contributed by atoms with Crippen molar-refractivity contribution < 1.29 is 14.3 Å². The van der Waals surface area contributed by atoms with Gasteiger partial charge in [0.2, 0.25) is 0 Å². The Hall–Kier alpha value is -3.62. The number of H-pyrrole nitrogens is 1. The number of hydrogen-bond acceptors (Lipinski definition) is 6. The first-order chi connectivity index (χ1) is 14.7. The maximum absolute atomic E-state index is 12.8. The number of amides is 2. The molecule has 1 unspecified atom stereocenters. The monoisotopic (exact) mass is 408 g/mol. The lowest BCUT2D eigenvalue weighted by Crippen LogP contribution is -2.55. The highest BCUT2D eigenvalue weighted by atomic mass is 16.5. The predicted octanol–water partition coefficient (Wildman–Crippen LogP) is 1.57. The Kier molecular flexibility index (Phi) is 5.78. The van der Waals surface area contributed by atoms with E-state index in [1.54, 1.807) is 4.90 Å². The maximum atomic E-state index is 12.8. The van der Waals surface area contributed by atoms with Gasteiger partial charge in [0.15, 0.2) is 0 Å². The molecule has 1 fully saturated rings. The third kappa shape index (κ3) is 4.19. The molecule has 0 bridgehead atoms. The average molecular weight is 408 g/mol. The molecule has 1 atom stereocenters. The zero-order valence-electron chi connectivity index (χ0n) is 16.7. The number of methoxy groups -OCH3 is 1. The van der Waals surface area contributed by atoms with Crippen molar-refractivity contribution in [2.45, 2.75) is 12.5 Å². The third-order valence-electron chi connectivity index (χ3n) is 5.27. The van der Waals surface area contributed by atoms with Crippen molar-refractivity contribution in [3.63, 3.8) is 0 Å². The van der Waals surface area contributed by atoms with Crippen LogP contribution in [0.25, 0.3) is 11.0 Å². The molecule has 0 aliphatic carbocycles. The van der Waals surface area contributed by atoms with Gasteiger partial charge in [0.1, 0.15) is 23.8 Å². The smallest absolute Gasteiger partial charge is 0.328 e. The van der Waals surface area contributed by atoms with Gasteiger partial charge in [-0.1, -0.05) is 30.3 Å². The van der Waals surface area contributed by atoms with Crippen LogP contribution in [0.15, 0.2) is 48.9 Å². The van der Waals surface area contributed by atoms with Crippen LogP contribution in [0.3, 0.4) is 0 Å². The summed E-state index contributed by atoms with van der Waals surface area (Å²) in [6.45, 7) is 2.35. The standard InChI is InChI=1S/C21H24N6O3/c1-30-20(28)17(13-15-5-3-2-4-6-15)25-21(29)27-11-9-26(10-12-27)19-16-7-8-22-18(16)23-14-24-19/h2-8,14,17H,9-13H2,1H3,(H,25,29)(H,22,23,24). The van der Waals surface area contributed by atoms with Crippen LogP contribution < -0.4 is 10.2 Å². The molecule has 1 saturated heterocycles. The number of rotatable bonds is 5. The van der Waals surface area contributed by atoms with Gasteiger partial charge in [-0.3, -0.25) is 0 Å². The molecule has 0 radical (unpaired) electrons. The van der Waals surface area contributed by atoms with Gasteiger partial charge >= 0.3 is 12.0 Å². The second-order valence-electron chi connectivity index (χ2n) is 7.13. The first-order valence-electron chi connectivity index (χ1n) is 9.86. The number of aromatic amines is 1. The Morgan fingerprint density at radius 3 is 2.63 bits per heavy atom. The molecule has 2 aromatic heterocycles. The second kappa shape index (κ2) is 8.81. The zero-order chi connectivity index (χ0) is 20.9. The molecule has 2 N–H and O–H groups in total. The summed E-state index contributed by atoms with van der Waals surface area (Å²) in [5, 5.41) is 3.79. The number of carbonyl (C=O) groups excluding carboxylic acids is 2. The molecule has 156 valence electrons. The van der Waals surface area contributed by atoms with Crippen molar-refractivity contribution in [3.8, 4) is 0 Å². The number of carbonyl (C=O) groups is 2. The average Bonchev–Trinajstić information content (AvgIpc) is 3.28. The molecule has 9 nitrogen and oxygen atoms in total. The van der Waals surface area contributed by atoms with Crippen LogP contribution in [0.1, 0.15) is 5.56 Å². The van der Waals surface area contributed by atoms with E-state index >= 15 is 0 Å². The summed E-state index contributed by atoms with van der Waals surface area (Å²) in [4.78, 5) is 40.6. The Morgan fingerprint density at radius 2 is 1.90 bits per heavy atom. The van der Waals surface area contributed by atoms with Crippen molar-refractivity contribution >= 4 is 28.9 Å². The molecule has 2 amide bonds. The van der Waals surface area contributed by atoms with Crippen LogP contribution in [-0.2, 0) is 16.0 Å². The van der Waals surface area contributed by atoms with Gasteiger partial charge in [-0.25, -0.2) is 19.6 Å². The highest BCUT2D eigenvalue weighted by molar-refractivity contribution is 5.87. The van der Waals surface area contributed by atoms with Gasteiger partial charge in [-0.05, 0) is 11.6 Å². The highest BCUT2D eigenvalue weighted by Crippen LogP contribution is 2.23. The molecule has 30 heavy (non-hydrogen) atoms. The summed E-state index contributed by atoms with van der Waals surface area (Å²) in [5.41, 5.74) is 1.75. The van der Waals surface area contributed by atoms with E-state index in [1.807, 2.05) is 42.6 Å². The summed E-state index contributed by atoms with van der Waals surface area (Å²) in [7, 11) is 1.33. The molecule has 3 heterocycles. The Bertz CT molecular complexity index is 1010. The van der Waals surface area contributed by atoms with E-state index in [9.17, 15) is 9.59 Å². The lowest BCUT2D eigenvalue weighted by atomic mass is 10.1. The van der Waals surface area contributed by atoms with Gasteiger partial charge in [0.25, 0.3) is 0 Å². The molecule has 0 saturated carbocycles. The molecular weight excluding hydrogens is 384 g/mol. The van der Waals surface area contributed by atoms with Crippen LogP contribution in [0.5, 0.6) is 0 Å². The van der Waals surface area contributed by atoms with Crippen LogP contribution in [0.2, 0.25) is 0 Å². The predicted molar refractivity (Wildman–Crippen MR) is 112 cm³/mol. The number of piperazine rings is 1. The van der Waals surface area contributed by atoms with Crippen molar-refractivity contribution in [1.82, 2.24) is 25.2 Å². The summed E-state index contributed by atoms with van der Waals surface area (Å²) < 4.78 is 4.88. The van der Waals surface area contributed by atoms with Crippen molar-refractivity contribution in [2.24, 2.45) is 0 Å². The fourth-order valence-corrected chi connectivity index (χ4v) is 3.66. The quantitative estimate of drug-likeness (QED) is 0.621. The number of aromatic nitrogens is 3. The number of fused-ring (bicyclic) bond motifs is 1. The SMILES string of the molecule is COC(=O)C(Cc1ccccc1)NC(=O)N1CCN(c2ncnc3[nH]ccc23)CC1. The zero-order valence-corrected chi connectivity index (χ0v) is 16.7. The summed E-state index contributed by atoms with van der Waals surface area (Å²) in [6, 6.07) is 10.5. The number of esters is 1. The molecule has 9 heteroatoms. The van der Waals surface area contributed by atoms with E-state index in [2.05, 4.69) is 25.2 Å². The largest absolute Gasteiger partial charge is 0.467 e. The first-order valence-corrected chi connectivity index (χ1v) is 9.86. The van der Waals surface area contributed by atoms with E-state index in [0.717, 1.165) is 22.4 Å². The molecular formula is C21H24N6O3. The van der Waals surface area contributed by atoms with Crippen LogP contribution >= 0.6 is 0 Å². The summed E-state index contributed by atoms with van der Waals surface area (Å²) in [5.74, 6) is 0.402. The lowest BCUT2D eigenvalue weighted by Gasteiger charge is -2.36. The highest BCUT2D eigenvalue weighted by Gasteiger charge is 2.27. The normalized spacial score (nSPS) is 15.1.